The molecule has 31 heavy (non-hydrogen) atoms. The zero-order chi connectivity index (χ0) is 21.2. The highest BCUT2D eigenvalue weighted by atomic mass is 16.5. The SMILES string of the molecule is N#Cc1ccc(COc2ccc3nc(-c4ccc(C(=O)NC5CC5)cc4)[nH]c3c2)cc1. The molecule has 0 unspecified atom stereocenters. The lowest BCUT2D eigenvalue weighted by Crippen LogP contribution is -2.25. The second-order valence-electron chi connectivity index (χ2n) is 7.69. The van der Waals surface area contributed by atoms with Crippen LogP contribution in [0.1, 0.15) is 34.3 Å². The van der Waals surface area contributed by atoms with E-state index in [1.807, 2.05) is 54.6 Å². The first-order chi connectivity index (χ1) is 15.2. The van der Waals surface area contributed by atoms with Gasteiger partial charge in [-0.1, -0.05) is 24.3 Å². The molecule has 6 nitrogen and oxygen atoms in total. The van der Waals surface area contributed by atoms with Crippen LogP contribution in [-0.2, 0) is 6.61 Å². The van der Waals surface area contributed by atoms with Crippen molar-refractivity contribution in [2.24, 2.45) is 0 Å². The van der Waals surface area contributed by atoms with Crippen LogP contribution in [0.4, 0.5) is 0 Å². The number of hydrogen-bond acceptors (Lipinski definition) is 4. The number of ether oxygens (including phenoxy) is 1. The Morgan fingerprint density at radius 3 is 2.58 bits per heavy atom. The fraction of sp³-hybridized carbons (Fsp3) is 0.160. The number of imidazole rings is 1. The molecule has 6 heteroatoms. The molecule has 3 aromatic carbocycles. The quantitative estimate of drug-likeness (QED) is 0.489. The van der Waals surface area contributed by atoms with E-state index in [1.165, 1.54) is 0 Å². The number of hydrogen-bond donors (Lipinski definition) is 2. The molecule has 152 valence electrons. The summed E-state index contributed by atoms with van der Waals surface area (Å²) in [5, 5.41) is 11.9. The van der Waals surface area contributed by atoms with Gasteiger partial charge in [0, 0.05) is 23.2 Å². The molecule has 1 aromatic heterocycles. The third-order valence-electron chi connectivity index (χ3n) is 5.27. The fourth-order valence-electron chi connectivity index (χ4n) is 3.33. The maximum atomic E-state index is 12.2. The van der Waals surface area contributed by atoms with Crippen LogP contribution in [0.2, 0.25) is 0 Å². The molecule has 0 radical (unpaired) electrons. The van der Waals surface area contributed by atoms with Crippen LogP contribution in [0.3, 0.4) is 0 Å². The number of rotatable bonds is 6. The zero-order valence-electron chi connectivity index (χ0n) is 16.8. The summed E-state index contributed by atoms with van der Waals surface area (Å²) in [5.74, 6) is 1.45. The van der Waals surface area contributed by atoms with Crippen molar-refractivity contribution in [1.82, 2.24) is 15.3 Å². The molecule has 1 saturated carbocycles. The second-order valence-corrected chi connectivity index (χ2v) is 7.69. The van der Waals surface area contributed by atoms with E-state index in [2.05, 4.69) is 21.4 Å². The summed E-state index contributed by atoms with van der Waals surface area (Å²) in [6.07, 6.45) is 2.14. The highest BCUT2D eigenvalue weighted by Gasteiger charge is 2.23. The lowest BCUT2D eigenvalue weighted by atomic mass is 10.1. The number of nitrogens with one attached hydrogen (secondary N) is 2. The third-order valence-corrected chi connectivity index (χ3v) is 5.27. The molecule has 1 heterocycles. The number of nitriles is 1. The van der Waals surface area contributed by atoms with Gasteiger partial charge in [-0.15, -0.1) is 0 Å². The molecule has 1 aliphatic carbocycles. The highest BCUT2D eigenvalue weighted by molar-refractivity contribution is 5.95. The van der Waals surface area contributed by atoms with Crippen LogP contribution < -0.4 is 10.1 Å². The summed E-state index contributed by atoms with van der Waals surface area (Å²) >= 11 is 0. The summed E-state index contributed by atoms with van der Waals surface area (Å²) in [6, 6.07) is 23.0. The van der Waals surface area contributed by atoms with Crippen molar-refractivity contribution >= 4 is 16.9 Å². The number of fused-ring (bicyclic) bond motifs is 1. The molecule has 1 amide bonds. The van der Waals surface area contributed by atoms with Gasteiger partial charge < -0.3 is 15.0 Å². The molecule has 0 atom stereocenters. The Balaban J connectivity index is 1.29. The van der Waals surface area contributed by atoms with E-state index in [0.29, 0.717) is 23.8 Å². The second kappa shape index (κ2) is 7.96. The van der Waals surface area contributed by atoms with Crippen molar-refractivity contribution in [2.75, 3.05) is 0 Å². The van der Waals surface area contributed by atoms with E-state index in [1.54, 1.807) is 12.1 Å². The Kier molecular flexibility index (Phi) is 4.85. The summed E-state index contributed by atoms with van der Waals surface area (Å²) < 4.78 is 5.89. The van der Waals surface area contributed by atoms with Crippen molar-refractivity contribution in [1.29, 1.82) is 5.26 Å². The molecule has 4 aromatic rings. The molecule has 0 bridgehead atoms. The van der Waals surface area contributed by atoms with Gasteiger partial charge in [-0.3, -0.25) is 4.79 Å². The lowest BCUT2D eigenvalue weighted by Gasteiger charge is -2.06. The number of amides is 1. The maximum Gasteiger partial charge on any atom is 0.251 e. The van der Waals surface area contributed by atoms with Gasteiger partial charge in [0.15, 0.2) is 0 Å². The Labute approximate surface area is 179 Å². The predicted molar refractivity (Wildman–Crippen MR) is 118 cm³/mol. The number of carbonyl (C=O) groups is 1. The number of benzene rings is 3. The standard InChI is InChI=1S/C25H20N4O2/c26-14-16-1-3-17(4-2-16)15-31-21-11-12-22-23(13-21)29-24(28-22)18-5-7-19(8-6-18)25(30)27-20-9-10-20/h1-8,11-13,20H,9-10,15H2,(H,27,30)(H,28,29). The summed E-state index contributed by atoms with van der Waals surface area (Å²) in [4.78, 5) is 20.1. The largest absolute Gasteiger partial charge is 0.489 e. The lowest BCUT2D eigenvalue weighted by molar-refractivity contribution is 0.0951. The van der Waals surface area contributed by atoms with E-state index in [9.17, 15) is 4.79 Å². The van der Waals surface area contributed by atoms with Crippen LogP contribution in [0, 0.1) is 11.3 Å². The van der Waals surface area contributed by atoms with Gasteiger partial charge in [0.1, 0.15) is 18.2 Å². The molecule has 0 aliphatic heterocycles. The Morgan fingerprint density at radius 2 is 1.87 bits per heavy atom. The number of nitrogens with zero attached hydrogens (tertiary/aromatic N) is 2. The van der Waals surface area contributed by atoms with Gasteiger partial charge in [0.2, 0.25) is 0 Å². The number of carbonyl (C=O) groups excluding carboxylic acids is 1. The van der Waals surface area contributed by atoms with Gasteiger partial charge in [-0.25, -0.2) is 4.98 Å². The molecule has 0 spiro atoms. The topological polar surface area (TPSA) is 90.8 Å². The minimum absolute atomic E-state index is 0.0253. The zero-order valence-corrected chi connectivity index (χ0v) is 16.8. The van der Waals surface area contributed by atoms with Gasteiger partial charge in [-0.2, -0.15) is 5.26 Å². The van der Waals surface area contributed by atoms with Crippen LogP contribution >= 0.6 is 0 Å². The third kappa shape index (κ3) is 4.26. The van der Waals surface area contributed by atoms with Crippen LogP contribution in [0.25, 0.3) is 22.4 Å². The molecule has 5 rings (SSSR count). The first-order valence-electron chi connectivity index (χ1n) is 10.2. The van der Waals surface area contributed by atoms with E-state index in [-0.39, 0.29) is 5.91 Å². The average molecular weight is 408 g/mol. The smallest absolute Gasteiger partial charge is 0.251 e. The van der Waals surface area contributed by atoms with Gasteiger partial charge in [0.05, 0.1) is 22.7 Å². The number of aromatic nitrogens is 2. The first-order valence-corrected chi connectivity index (χ1v) is 10.2. The van der Waals surface area contributed by atoms with E-state index in [0.717, 1.165) is 46.6 Å². The van der Waals surface area contributed by atoms with Crippen LogP contribution in [0.5, 0.6) is 5.75 Å². The van der Waals surface area contributed by atoms with Gasteiger partial charge in [0.25, 0.3) is 5.91 Å². The fourth-order valence-corrected chi connectivity index (χ4v) is 3.33. The van der Waals surface area contributed by atoms with Gasteiger partial charge in [-0.05, 0) is 54.8 Å². The monoisotopic (exact) mass is 408 g/mol. The van der Waals surface area contributed by atoms with E-state index >= 15 is 0 Å². The van der Waals surface area contributed by atoms with Crippen LogP contribution in [-0.4, -0.2) is 21.9 Å². The normalized spacial score (nSPS) is 13.0. The molecule has 1 aliphatic rings. The minimum Gasteiger partial charge on any atom is -0.489 e. The number of aromatic amines is 1. The summed E-state index contributed by atoms with van der Waals surface area (Å²) in [7, 11) is 0. The first kappa shape index (κ1) is 18.9. The highest BCUT2D eigenvalue weighted by Crippen LogP contribution is 2.25. The predicted octanol–water partition coefficient (Wildman–Crippen LogP) is 4.57. The molecular weight excluding hydrogens is 388 g/mol. The molecule has 2 N–H and O–H groups in total. The van der Waals surface area contributed by atoms with Crippen molar-refractivity contribution in [3.05, 3.63) is 83.4 Å². The summed E-state index contributed by atoms with van der Waals surface area (Å²) in [5.41, 5.74) is 4.92. The Bertz CT molecular complexity index is 1280. The van der Waals surface area contributed by atoms with Crippen molar-refractivity contribution in [3.63, 3.8) is 0 Å². The van der Waals surface area contributed by atoms with E-state index in [4.69, 9.17) is 10.00 Å². The van der Waals surface area contributed by atoms with Crippen molar-refractivity contribution in [3.8, 4) is 23.2 Å². The Morgan fingerprint density at radius 1 is 1.10 bits per heavy atom. The maximum absolute atomic E-state index is 12.2. The van der Waals surface area contributed by atoms with Crippen molar-refractivity contribution in [2.45, 2.75) is 25.5 Å². The van der Waals surface area contributed by atoms with Crippen LogP contribution in [0.15, 0.2) is 66.7 Å². The summed E-state index contributed by atoms with van der Waals surface area (Å²) in [6.45, 7) is 0.419. The minimum atomic E-state index is -0.0253. The molecular formula is C25H20N4O2. The Hall–Kier alpha value is -4.11. The number of H-pyrrole nitrogens is 1. The van der Waals surface area contributed by atoms with Crippen molar-refractivity contribution < 1.29 is 9.53 Å². The molecule has 0 saturated heterocycles. The average Bonchev–Trinajstić information content (AvgIpc) is 3.52. The van der Waals surface area contributed by atoms with E-state index < -0.39 is 0 Å². The van der Waals surface area contributed by atoms with Gasteiger partial charge >= 0.3 is 0 Å². The molecule has 1 fully saturated rings.